The Hall–Kier alpha value is -4.46. The van der Waals surface area contributed by atoms with Gasteiger partial charge in [0.1, 0.15) is 17.3 Å². The van der Waals surface area contributed by atoms with Crippen LogP contribution < -0.4 is 4.74 Å². The van der Waals surface area contributed by atoms with Crippen LogP contribution in [0.1, 0.15) is 33.1 Å². The number of aliphatic hydroxyl groups excluding tert-OH is 1. The number of carboxylic acids is 1. The third kappa shape index (κ3) is 4.25. The highest BCUT2D eigenvalue weighted by Crippen LogP contribution is 2.40. The number of likely N-dealkylation sites (tertiary alicyclic amines) is 1. The van der Waals surface area contributed by atoms with Crippen LogP contribution in [0.15, 0.2) is 78.4 Å². The number of hydrogen-bond donors (Lipinski definition) is 2. The quantitative estimate of drug-likeness (QED) is 0.325. The molecular formula is C26H20FNO6. The predicted molar refractivity (Wildman–Crippen MR) is 121 cm³/mol. The fourth-order valence-corrected chi connectivity index (χ4v) is 3.89. The van der Waals surface area contributed by atoms with E-state index in [4.69, 9.17) is 9.84 Å². The summed E-state index contributed by atoms with van der Waals surface area (Å²) in [5.41, 5.74) is 1.33. The van der Waals surface area contributed by atoms with Crippen LogP contribution >= 0.6 is 0 Å². The molecule has 3 aromatic carbocycles. The number of rotatable bonds is 6. The molecule has 2 N–H and O–H groups in total. The lowest BCUT2D eigenvalue weighted by Crippen LogP contribution is -2.29. The summed E-state index contributed by atoms with van der Waals surface area (Å²) in [7, 11) is 1.51. The highest BCUT2D eigenvalue weighted by atomic mass is 19.1. The summed E-state index contributed by atoms with van der Waals surface area (Å²) in [4.78, 5) is 38.5. The average molecular weight is 461 g/mol. The first kappa shape index (κ1) is 22.7. The maximum Gasteiger partial charge on any atom is 0.335 e. The van der Waals surface area contributed by atoms with Gasteiger partial charge in [-0.2, -0.15) is 0 Å². The van der Waals surface area contributed by atoms with Crippen LogP contribution in [-0.4, -0.2) is 39.9 Å². The number of aliphatic hydroxyl groups is 1. The number of Topliss-reactive ketones (excluding diaryl/α,β-unsaturated/α-hetero) is 1. The van der Waals surface area contributed by atoms with Crippen molar-refractivity contribution in [2.24, 2.45) is 0 Å². The third-order valence-electron chi connectivity index (χ3n) is 5.64. The number of halogens is 1. The van der Waals surface area contributed by atoms with Gasteiger partial charge in [-0.1, -0.05) is 24.3 Å². The molecule has 0 aliphatic carbocycles. The normalized spacial score (nSPS) is 17.1. The molecule has 1 amide bonds. The molecule has 1 atom stereocenters. The van der Waals surface area contributed by atoms with Crippen molar-refractivity contribution >= 4 is 23.4 Å². The summed E-state index contributed by atoms with van der Waals surface area (Å²) >= 11 is 0. The van der Waals surface area contributed by atoms with Crippen LogP contribution in [0.25, 0.3) is 5.76 Å². The van der Waals surface area contributed by atoms with E-state index in [0.29, 0.717) is 16.9 Å². The van der Waals surface area contributed by atoms with E-state index in [1.54, 1.807) is 36.4 Å². The number of ether oxygens (including phenoxy) is 1. The van der Waals surface area contributed by atoms with Gasteiger partial charge >= 0.3 is 5.97 Å². The van der Waals surface area contributed by atoms with Crippen molar-refractivity contribution in [3.8, 4) is 5.75 Å². The van der Waals surface area contributed by atoms with E-state index in [-0.39, 0.29) is 23.2 Å². The molecule has 1 aliphatic rings. The van der Waals surface area contributed by atoms with E-state index >= 15 is 0 Å². The number of ketones is 1. The molecule has 34 heavy (non-hydrogen) atoms. The first-order valence-corrected chi connectivity index (χ1v) is 10.3. The monoisotopic (exact) mass is 461 g/mol. The molecule has 1 saturated heterocycles. The zero-order valence-corrected chi connectivity index (χ0v) is 18.1. The largest absolute Gasteiger partial charge is 0.507 e. The number of nitrogens with zero attached hydrogens (tertiary/aromatic N) is 1. The summed E-state index contributed by atoms with van der Waals surface area (Å²) in [6.07, 6.45) is 0. The number of methoxy groups -OCH3 is 1. The van der Waals surface area contributed by atoms with Gasteiger partial charge in [0.05, 0.1) is 24.3 Å². The molecule has 1 fully saturated rings. The zero-order valence-electron chi connectivity index (χ0n) is 18.1. The number of carbonyl (C=O) groups excluding carboxylic acids is 2. The SMILES string of the molecule is COc1ccc(C2/C(=C(\O)c3ccc(F)cc3)C(=O)C(=O)N2Cc2ccc(C(=O)O)cc2)cc1. The van der Waals surface area contributed by atoms with Crippen molar-refractivity contribution in [2.45, 2.75) is 12.6 Å². The Morgan fingerprint density at radius 1 is 0.912 bits per heavy atom. The highest BCUT2D eigenvalue weighted by molar-refractivity contribution is 6.46. The van der Waals surface area contributed by atoms with Gasteiger partial charge in [0.25, 0.3) is 11.7 Å². The number of hydrogen-bond acceptors (Lipinski definition) is 5. The van der Waals surface area contributed by atoms with Gasteiger partial charge in [-0.3, -0.25) is 9.59 Å². The molecule has 3 aromatic rings. The molecule has 0 bridgehead atoms. The Labute approximate surface area is 194 Å². The van der Waals surface area contributed by atoms with Gasteiger partial charge < -0.3 is 19.8 Å². The Balaban J connectivity index is 1.81. The average Bonchev–Trinajstić information content (AvgIpc) is 3.09. The summed E-state index contributed by atoms with van der Waals surface area (Å²) in [6, 6.07) is 16.7. The summed E-state index contributed by atoms with van der Waals surface area (Å²) < 4.78 is 18.6. The first-order chi connectivity index (χ1) is 16.3. The second kappa shape index (κ2) is 9.19. The lowest BCUT2D eigenvalue weighted by molar-refractivity contribution is -0.140. The Morgan fingerprint density at radius 2 is 1.50 bits per heavy atom. The minimum absolute atomic E-state index is 0.00136. The standard InChI is InChI=1S/C26H20FNO6/c1-34-20-12-8-16(9-13-20)22-21(23(29)17-6-10-19(27)11-7-17)24(30)25(31)28(22)14-15-2-4-18(5-3-15)26(32)33/h2-13,22,29H,14H2,1H3,(H,32,33)/b23-21+. The lowest BCUT2D eigenvalue weighted by atomic mass is 9.95. The molecule has 0 spiro atoms. The van der Waals surface area contributed by atoms with Crippen LogP contribution in [-0.2, 0) is 16.1 Å². The van der Waals surface area contributed by atoms with Gasteiger partial charge in [-0.15, -0.1) is 0 Å². The first-order valence-electron chi connectivity index (χ1n) is 10.3. The Bertz CT molecular complexity index is 1280. The minimum atomic E-state index is -1.08. The van der Waals surface area contributed by atoms with Gasteiger partial charge in [0.2, 0.25) is 0 Å². The molecule has 1 heterocycles. The van der Waals surface area contributed by atoms with Gasteiger partial charge in [0, 0.05) is 12.1 Å². The molecule has 0 radical (unpaired) electrons. The number of aromatic carboxylic acids is 1. The maximum absolute atomic E-state index is 13.4. The molecule has 1 unspecified atom stereocenters. The van der Waals surface area contributed by atoms with Crippen molar-refractivity contribution in [3.63, 3.8) is 0 Å². The highest BCUT2D eigenvalue weighted by Gasteiger charge is 2.46. The molecule has 172 valence electrons. The Kier molecular flexibility index (Phi) is 6.14. The lowest BCUT2D eigenvalue weighted by Gasteiger charge is -2.25. The molecule has 1 aliphatic heterocycles. The number of carboxylic acid groups (broad SMARTS) is 1. The molecular weight excluding hydrogens is 441 g/mol. The fraction of sp³-hybridized carbons (Fsp3) is 0.115. The van der Waals surface area contributed by atoms with Gasteiger partial charge in [-0.25, -0.2) is 9.18 Å². The summed E-state index contributed by atoms with van der Waals surface area (Å²) in [6.45, 7) is 0.00136. The molecule has 0 saturated carbocycles. The smallest absolute Gasteiger partial charge is 0.335 e. The zero-order chi connectivity index (χ0) is 24.4. The second-order valence-electron chi connectivity index (χ2n) is 7.71. The molecule has 4 rings (SSSR count). The molecule has 8 heteroatoms. The predicted octanol–water partition coefficient (Wildman–Crippen LogP) is 4.15. The van der Waals surface area contributed by atoms with Crippen LogP contribution in [0.5, 0.6) is 5.75 Å². The van der Waals surface area contributed by atoms with E-state index < -0.39 is 35.3 Å². The molecule has 0 aromatic heterocycles. The third-order valence-corrected chi connectivity index (χ3v) is 5.64. The van der Waals surface area contributed by atoms with E-state index in [1.165, 1.54) is 36.3 Å². The van der Waals surface area contributed by atoms with E-state index in [0.717, 1.165) is 12.1 Å². The number of amides is 1. The van der Waals surface area contributed by atoms with Crippen molar-refractivity contribution < 1.29 is 33.7 Å². The van der Waals surface area contributed by atoms with Gasteiger partial charge in [0.15, 0.2) is 0 Å². The number of benzene rings is 3. The van der Waals surface area contributed by atoms with Crippen LogP contribution in [0.2, 0.25) is 0 Å². The topological polar surface area (TPSA) is 104 Å². The van der Waals surface area contributed by atoms with E-state index in [2.05, 4.69) is 0 Å². The van der Waals surface area contributed by atoms with Crippen LogP contribution in [0, 0.1) is 5.82 Å². The summed E-state index contributed by atoms with van der Waals surface area (Å²) in [5.74, 6) is -3.11. The molecule has 7 nitrogen and oxygen atoms in total. The van der Waals surface area contributed by atoms with Crippen molar-refractivity contribution in [1.82, 2.24) is 4.90 Å². The van der Waals surface area contributed by atoms with Gasteiger partial charge in [-0.05, 0) is 59.7 Å². The van der Waals surface area contributed by atoms with Crippen molar-refractivity contribution in [2.75, 3.05) is 7.11 Å². The summed E-state index contributed by atoms with van der Waals surface area (Å²) in [5, 5.41) is 20.1. The van der Waals surface area contributed by atoms with E-state index in [9.17, 15) is 23.9 Å². The van der Waals surface area contributed by atoms with E-state index in [1.807, 2.05) is 0 Å². The second-order valence-corrected chi connectivity index (χ2v) is 7.71. The minimum Gasteiger partial charge on any atom is -0.507 e. The Morgan fingerprint density at radius 3 is 2.06 bits per heavy atom. The van der Waals surface area contributed by atoms with Crippen molar-refractivity contribution in [3.05, 3.63) is 106 Å². The van der Waals surface area contributed by atoms with Crippen LogP contribution in [0.3, 0.4) is 0 Å². The number of carbonyl (C=O) groups is 3. The fourth-order valence-electron chi connectivity index (χ4n) is 3.89. The van der Waals surface area contributed by atoms with Crippen LogP contribution in [0.4, 0.5) is 4.39 Å². The maximum atomic E-state index is 13.4. The van der Waals surface area contributed by atoms with Crippen molar-refractivity contribution in [1.29, 1.82) is 0 Å².